The number of aromatic nitrogens is 1. The highest BCUT2D eigenvalue weighted by molar-refractivity contribution is 5.16. The summed E-state index contributed by atoms with van der Waals surface area (Å²) in [6.45, 7) is 12.1. The Labute approximate surface area is 100 Å². The highest BCUT2D eigenvalue weighted by Gasteiger charge is 2.05. The van der Waals surface area contributed by atoms with Crippen LogP contribution in [-0.2, 0) is 19.5 Å². The average molecular weight is 222 g/mol. The zero-order chi connectivity index (χ0) is 12.0. The van der Waals surface area contributed by atoms with Crippen molar-refractivity contribution in [2.75, 3.05) is 6.54 Å². The molecule has 1 N–H and O–H groups in total. The van der Waals surface area contributed by atoms with Crippen LogP contribution in [0.4, 0.5) is 0 Å². The molecule has 0 aromatic carbocycles. The zero-order valence-corrected chi connectivity index (χ0v) is 11.2. The molecule has 0 amide bonds. The molecule has 0 bridgehead atoms. The Hall–Kier alpha value is -0.760. The first-order valence-electron chi connectivity index (χ1n) is 6.57. The smallest absolute Gasteiger partial charge is 0.0359 e. The Morgan fingerprint density at radius 3 is 2.44 bits per heavy atom. The lowest BCUT2D eigenvalue weighted by atomic mass is 10.2. The molecule has 2 nitrogen and oxygen atoms in total. The summed E-state index contributed by atoms with van der Waals surface area (Å²) < 4.78 is 2.44. The summed E-state index contributed by atoms with van der Waals surface area (Å²) in [5.41, 5.74) is 2.90. The lowest BCUT2D eigenvalue weighted by Gasteiger charge is -2.12. The van der Waals surface area contributed by atoms with Crippen molar-refractivity contribution in [3.8, 4) is 0 Å². The fourth-order valence-electron chi connectivity index (χ4n) is 2.08. The normalized spacial score (nSPS) is 11.3. The molecule has 1 aromatic heterocycles. The van der Waals surface area contributed by atoms with Crippen LogP contribution in [0, 0.1) is 5.92 Å². The lowest BCUT2D eigenvalue weighted by molar-refractivity contribution is 0.534. The van der Waals surface area contributed by atoms with Gasteiger partial charge in [-0.2, -0.15) is 0 Å². The fraction of sp³-hybridized carbons (Fsp3) is 0.714. The van der Waals surface area contributed by atoms with Gasteiger partial charge in [-0.15, -0.1) is 0 Å². The molecule has 0 radical (unpaired) electrons. The van der Waals surface area contributed by atoms with E-state index in [1.165, 1.54) is 24.2 Å². The van der Waals surface area contributed by atoms with Crippen LogP contribution in [0.5, 0.6) is 0 Å². The standard InChI is InChI=1S/C14H26N2/c1-5-7-13-8-9-14(16(13)6-2)11-15-10-12(3)4/h8-9,12,15H,5-7,10-11H2,1-4H3. The van der Waals surface area contributed by atoms with Gasteiger partial charge in [0.05, 0.1) is 0 Å². The van der Waals surface area contributed by atoms with Gasteiger partial charge < -0.3 is 9.88 Å². The van der Waals surface area contributed by atoms with Gasteiger partial charge in [-0.3, -0.25) is 0 Å². The minimum Gasteiger partial charge on any atom is -0.348 e. The van der Waals surface area contributed by atoms with Crippen LogP contribution in [0.3, 0.4) is 0 Å². The highest BCUT2D eigenvalue weighted by Crippen LogP contribution is 2.11. The minimum atomic E-state index is 0.722. The van der Waals surface area contributed by atoms with Gasteiger partial charge in [0.15, 0.2) is 0 Å². The summed E-state index contributed by atoms with van der Waals surface area (Å²) in [6, 6.07) is 4.54. The molecule has 1 heterocycles. The third-order valence-corrected chi connectivity index (χ3v) is 2.84. The summed E-state index contributed by atoms with van der Waals surface area (Å²) >= 11 is 0. The van der Waals surface area contributed by atoms with E-state index in [1.807, 2.05) is 0 Å². The maximum absolute atomic E-state index is 3.51. The predicted molar refractivity (Wildman–Crippen MR) is 70.6 cm³/mol. The minimum absolute atomic E-state index is 0.722. The van der Waals surface area contributed by atoms with Crippen molar-refractivity contribution in [3.63, 3.8) is 0 Å². The molecule has 16 heavy (non-hydrogen) atoms. The van der Waals surface area contributed by atoms with Crippen LogP contribution >= 0.6 is 0 Å². The Kier molecular flexibility index (Phi) is 5.61. The molecule has 0 saturated carbocycles. The van der Waals surface area contributed by atoms with E-state index >= 15 is 0 Å². The SMILES string of the molecule is CCCc1ccc(CNCC(C)C)n1CC. The maximum atomic E-state index is 3.51. The summed E-state index contributed by atoms with van der Waals surface area (Å²) in [5.74, 6) is 0.722. The van der Waals surface area contributed by atoms with Gasteiger partial charge in [-0.1, -0.05) is 27.2 Å². The molecule has 0 aliphatic carbocycles. The van der Waals surface area contributed by atoms with Crippen LogP contribution in [0.15, 0.2) is 12.1 Å². The van der Waals surface area contributed by atoms with Gasteiger partial charge in [0.2, 0.25) is 0 Å². The van der Waals surface area contributed by atoms with Crippen molar-refractivity contribution in [2.24, 2.45) is 5.92 Å². The molecule has 1 aromatic rings. The molecule has 0 unspecified atom stereocenters. The van der Waals surface area contributed by atoms with Gasteiger partial charge >= 0.3 is 0 Å². The first kappa shape index (κ1) is 13.3. The first-order valence-corrected chi connectivity index (χ1v) is 6.57. The van der Waals surface area contributed by atoms with Crippen LogP contribution in [0.2, 0.25) is 0 Å². The fourth-order valence-corrected chi connectivity index (χ4v) is 2.08. The largest absolute Gasteiger partial charge is 0.348 e. The van der Waals surface area contributed by atoms with E-state index in [9.17, 15) is 0 Å². The Morgan fingerprint density at radius 1 is 1.19 bits per heavy atom. The summed E-state index contributed by atoms with van der Waals surface area (Å²) in [5, 5.41) is 3.51. The van der Waals surface area contributed by atoms with E-state index in [0.717, 1.165) is 25.6 Å². The molecule has 0 aliphatic heterocycles. The Balaban J connectivity index is 2.58. The number of hydrogen-bond donors (Lipinski definition) is 1. The zero-order valence-electron chi connectivity index (χ0n) is 11.2. The van der Waals surface area contributed by atoms with Crippen molar-refractivity contribution in [3.05, 3.63) is 23.5 Å². The quantitative estimate of drug-likeness (QED) is 0.749. The highest BCUT2D eigenvalue weighted by atomic mass is 15.0. The van der Waals surface area contributed by atoms with Gasteiger partial charge in [0.1, 0.15) is 0 Å². The topological polar surface area (TPSA) is 17.0 Å². The lowest BCUT2D eigenvalue weighted by Crippen LogP contribution is -2.21. The van der Waals surface area contributed by atoms with Gasteiger partial charge in [0, 0.05) is 24.5 Å². The molecule has 0 atom stereocenters. The van der Waals surface area contributed by atoms with Crippen molar-refractivity contribution in [1.82, 2.24) is 9.88 Å². The van der Waals surface area contributed by atoms with E-state index in [1.54, 1.807) is 0 Å². The average Bonchev–Trinajstić information content (AvgIpc) is 2.61. The number of aryl methyl sites for hydroxylation is 1. The molecule has 1 rings (SSSR count). The number of nitrogens with zero attached hydrogens (tertiary/aromatic N) is 1. The summed E-state index contributed by atoms with van der Waals surface area (Å²) in [6.07, 6.45) is 2.42. The molecular formula is C14H26N2. The van der Waals surface area contributed by atoms with Crippen molar-refractivity contribution in [1.29, 1.82) is 0 Å². The Bertz CT molecular complexity index is 300. The van der Waals surface area contributed by atoms with E-state index in [2.05, 4.69) is 49.7 Å². The molecule has 0 spiro atoms. The van der Waals surface area contributed by atoms with Crippen LogP contribution in [0.25, 0.3) is 0 Å². The molecule has 92 valence electrons. The molecule has 0 saturated heterocycles. The van der Waals surface area contributed by atoms with Crippen molar-refractivity contribution < 1.29 is 0 Å². The maximum Gasteiger partial charge on any atom is 0.0359 e. The summed E-state index contributed by atoms with van der Waals surface area (Å²) in [7, 11) is 0. The predicted octanol–water partition coefficient (Wildman–Crippen LogP) is 3.21. The summed E-state index contributed by atoms with van der Waals surface area (Å²) in [4.78, 5) is 0. The van der Waals surface area contributed by atoms with E-state index in [0.29, 0.717) is 0 Å². The molecule has 2 heteroatoms. The van der Waals surface area contributed by atoms with Gasteiger partial charge in [-0.05, 0) is 37.9 Å². The van der Waals surface area contributed by atoms with E-state index in [-0.39, 0.29) is 0 Å². The second-order valence-electron chi connectivity index (χ2n) is 4.84. The third kappa shape index (κ3) is 3.67. The second-order valence-corrected chi connectivity index (χ2v) is 4.84. The van der Waals surface area contributed by atoms with Crippen LogP contribution in [0.1, 0.15) is 45.5 Å². The van der Waals surface area contributed by atoms with Crippen LogP contribution < -0.4 is 5.32 Å². The van der Waals surface area contributed by atoms with Crippen molar-refractivity contribution >= 4 is 0 Å². The van der Waals surface area contributed by atoms with E-state index < -0.39 is 0 Å². The third-order valence-electron chi connectivity index (χ3n) is 2.84. The van der Waals surface area contributed by atoms with Crippen molar-refractivity contribution in [2.45, 2.75) is 53.6 Å². The molecule has 0 fully saturated rings. The molecular weight excluding hydrogens is 196 g/mol. The number of rotatable bonds is 7. The number of hydrogen-bond acceptors (Lipinski definition) is 1. The molecule has 0 aliphatic rings. The monoisotopic (exact) mass is 222 g/mol. The van der Waals surface area contributed by atoms with E-state index in [4.69, 9.17) is 0 Å². The first-order chi connectivity index (χ1) is 7.69. The second kappa shape index (κ2) is 6.74. The van der Waals surface area contributed by atoms with Crippen LogP contribution in [-0.4, -0.2) is 11.1 Å². The van der Waals surface area contributed by atoms with Gasteiger partial charge in [-0.25, -0.2) is 0 Å². The van der Waals surface area contributed by atoms with Gasteiger partial charge in [0.25, 0.3) is 0 Å². The number of nitrogens with one attached hydrogen (secondary N) is 1. The Morgan fingerprint density at radius 2 is 1.88 bits per heavy atom.